The number of hydrogen-bond donors (Lipinski definition) is 1. The molecule has 1 amide bonds. The first-order valence-corrected chi connectivity index (χ1v) is 11.5. The Bertz CT molecular complexity index is 1030. The van der Waals surface area contributed by atoms with Gasteiger partial charge in [0.05, 0.1) is 11.2 Å². The van der Waals surface area contributed by atoms with Gasteiger partial charge in [0, 0.05) is 24.7 Å². The van der Waals surface area contributed by atoms with Gasteiger partial charge in [-0.15, -0.1) is 0 Å². The molecule has 0 radical (unpaired) electrons. The van der Waals surface area contributed by atoms with E-state index in [0.29, 0.717) is 43.2 Å². The molecule has 0 spiro atoms. The summed E-state index contributed by atoms with van der Waals surface area (Å²) in [6, 6.07) is 7.35. The molecule has 2 aliphatic rings. The highest BCUT2D eigenvalue weighted by molar-refractivity contribution is 7.89. The van der Waals surface area contributed by atoms with Crippen molar-refractivity contribution in [2.75, 3.05) is 18.8 Å². The number of aromatic nitrogens is 2. The molecular formula is C20H26N4O4S. The molecule has 4 rings (SSSR count). The van der Waals surface area contributed by atoms with Gasteiger partial charge in [0.25, 0.3) is 5.91 Å². The molecule has 29 heavy (non-hydrogen) atoms. The molecule has 9 heteroatoms. The Morgan fingerprint density at radius 3 is 2.83 bits per heavy atom. The van der Waals surface area contributed by atoms with Gasteiger partial charge >= 0.3 is 0 Å². The monoisotopic (exact) mass is 418 g/mol. The van der Waals surface area contributed by atoms with Gasteiger partial charge in [0.15, 0.2) is 5.82 Å². The first kappa shape index (κ1) is 20.0. The second-order valence-corrected chi connectivity index (χ2v) is 10.3. The number of hydrogen-bond acceptors (Lipinski definition) is 6. The van der Waals surface area contributed by atoms with Crippen molar-refractivity contribution in [3.63, 3.8) is 0 Å². The van der Waals surface area contributed by atoms with Crippen LogP contribution in [0.25, 0.3) is 0 Å². The van der Waals surface area contributed by atoms with Crippen LogP contribution in [0.5, 0.6) is 0 Å². The number of amides is 1. The van der Waals surface area contributed by atoms with E-state index in [9.17, 15) is 13.2 Å². The molecule has 2 aromatic rings. The highest BCUT2D eigenvalue weighted by Crippen LogP contribution is 2.50. The normalized spacial score (nSPS) is 26.7. The van der Waals surface area contributed by atoms with Crippen molar-refractivity contribution in [2.45, 2.75) is 45.1 Å². The molecule has 3 atom stereocenters. The lowest BCUT2D eigenvalue weighted by molar-refractivity contribution is 0.0773. The lowest BCUT2D eigenvalue weighted by Crippen LogP contribution is -2.40. The smallest absolute Gasteiger partial charge is 0.253 e. The predicted octanol–water partition coefficient (Wildman–Crippen LogP) is 1.80. The van der Waals surface area contributed by atoms with E-state index in [1.807, 2.05) is 36.1 Å². The van der Waals surface area contributed by atoms with Gasteiger partial charge in [-0.3, -0.25) is 4.79 Å². The number of carbonyl (C=O) groups excluding carboxylic acids is 1. The summed E-state index contributed by atoms with van der Waals surface area (Å²) in [4.78, 5) is 19.4. The van der Waals surface area contributed by atoms with Gasteiger partial charge in [0.2, 0.25) is 15.9 Å². The van der Waals surface area contributed by atoms with Crippen molar-refractivity contribution < 1.29 is 17.7 Å². The minimum atomic E-state index is -3.31. The Labute approximate surface area is 170 Å². The second kappa shape index (κ2) is 7.21. The quantitative estimate of drug-likeness (QED) is 0.794. The molecule has 0 unspecified atom stereocenters. The van der Waals surface area contributed by atoms with Crippen LogP contribution in [0.4, 0.5) is 0 Å². The molecule has 1 aliphatic heterocycles. The van der Waals surface area contributed by atoms with E-state index in [1.165, 1.54) is 0 Å². The molecule has 1 saturated carbocycles. The first-order valence-electron chi connectivity index (χ1n) is 9.89. The summed E-state index contributed by atoms with van der Waals surface area (Å²) in [6.07, 6.45) is 1.17. The van der Waals surface area contributed by atoms with Crippen LogP contribution in [-0.4, -0.2) is 54.2 Å². The van der Waals surface area contributed by atoms with Crippen LogP contribution in [0.2, 0.25) is 0 Å². The van der Waals surface area contributed by atoms with Crippen LogP contribution in [-0.2, 0) is 15.4 Å². The van der Waals surface area contributed by atoms with E-state index in [0.717, 1.165) is 5.56 Å². The highest BCUT2D eigenvalue weighted by atomic mass is 32.2. The van der Waals surface area contributed by atoms with Gasteiger partial charge in [-0.05, 0) is 51.7 Å². The fourth-order valence-electron chi connectivity index (χ4n) is 4.74. The summed E-state index contributed by atoms with van der Waals surface area (Å²) in [5, 5.41) is 3.94. The number of sulfonamides is 1. The number of rotatable bonds is 5. The maximum Gasteiger partial charge on any atom is 0.253 e. The third kappa shape index (κ3) is 3.69. The van der Waals surface area contributed by atoms with E-state index in [-0.39, 0.29) is 23.6 Å². The zero-order valence-corrected chi connectivity index (χ0v) is 17.7. The molecule has 1 N–H and O–H groups in total. The molecule has 1 aliphatic carbocycles. The van der Waals surface area contributed by atoms with Crippen molar-refractivity contribution in [3.05, 3.63) is 47.1 Å². The van der Waals surface area contributed by atoms with Gasteiger partial charge in [0.1, 0.15) is 0 Å². The van der Waals surface area contributed by atoms with Crippen LogP contribution in [0.15, 0.2) is 28.8 Å². The SMILES string of the molecule is CCS(=O)(=O)N[C@@H]1C[C@H]2CN(C(=O)c3cccc(C)c3)C[C@@]2(c2nc(C)no2)C1. The Morgan fingerprint density at radius 2 is 2.17 bits per heavy atom. The number of aryl methyl sites for hydroxylation is 2. The maximum atomic E-state index is 13.1. The molecule has 156 valence electrons. The fraction of sp³-hybridized carbons (Fsp3) is 0.550. The Kier molecular flexibility index (Phi) is 4.98. The van der Waals surface area contributed by atoms with Gasteiger partial charge in [-0.2, -0.15) is 4.98 Å². The minimum absolute atomic E-state index is 0.0237. The van der Waals surface area contributed by atoms with E-state index in [1.54, 1.807) is 13.8 Å². The number of carbonyl (C=O) groups is 1. The van der Waals surface area contributed by atoms with E-state index in [2.05, 4.69) is 14.9 Å². The molecule has 1 saturated heterocycles. The summed E-state index contributed by atoms with van der Waals surface area (Å²) in [6.45, 7) is 6.32. The number of fused-ring (bicyclic) bond motifs is 1. The van der Waals surface area contributed by atoms with E-state index < -0.39 is 15.4 Å². The van der Waals surface area contributed by atoms with E-state index >= 15 is 0 Å². The molecule has 8 nitrogen and oxygen atoms in total. The van der Waals surface area contributed by atoms with E-state index in [4.69, 9.17) is 4.52 Å². The number of likely N-dealkylation sites (tertiary alicyclic amines) is 1. The lowest BCUT2D eigenvalue weighted by atomic mass is 9.80. The highest BCUT2D eigenvalue weighted by Gasteiger charge is 2.58. The summed E-state index contributed by atoms with van der Waals surface area (Å²) < 4.78 is 32.5. The number of nitrogens with one attached hydrogen (secondary N) is 1. The van der Waals surface area contributed by atoms with Gasteiger partial charge in [-0.1, -0.05) is 22.9 Å². The van der Waals surface area contributed by atoms with Crippen LogP contribution >= 0.6 is 0 Å². The number of nitrogens with zero attached hydrogens (tertiary/aromatic N) is 3. The molecule has 2 heterocycles. The predicted molar refractivity (Wildman–Crippen MR) is 107 cm³/mol. The van der Waals surface area contributed by atoms with Crippen molar-refractivity contribution in [3.8, 4) is 0 Å². The average Bonchev–Trinajstić information content (AvgIpc) is 3.33. The van der Waals surface area contributed by atoms with Crippen molar-refractivity contribution in [2.24, 2.45) is 5.92 Å². The van der Waals surface area contributed by atoms with Crippen LogP contribution < -0.4 is 4.72 Å². The molecule has 1 aromatic heterocycles. The average molecular weight is 419 g/mol. The largest absolute Gasteiger partial charge is 0.339 e. The zero-order chi connectivity index (χ0) is 20.8. The molecule has 2 fully saturated rings. The fourth-order valence-corrected chi connectivity index (χ4v) is 5.60. The van der Waals surface area contributed by atoms with Gasteiger partial charge < -0.3 is 9.42 Å². The third-order valence-electron chi connectivity index (χ3n) is 6.11. The van der Waals surface area contributed by atoms with Crippen molar-refractivity contribution >= 4 is 15.9 Å². The van der Waals surface area contributed by atoms with Gasteiger partial charge in [-0.25, -0.2) is 13.1 Å². The topological polar surface area (TPSA) is 105 Å². The standard InChI is InChI=1S/C20H26N4O4S/c1-4-29(26,27)23-17-9-16-11-24(18(25)15-7-5-6-13(2)8-15)12-20(16,10-17)19-21-14(3)22-28-19/h5-8,16-17,23H,4,9-12H2,1-3H3/t16-,17+,20-/m0/s1. The second-order valence-electron chi connectivity index (χ2n) is 8.21. The Balaban J connectivity index is 1.62. The van der Waals surface area contributed by atoms with Crippen molar-refractivity contribution in [1.82, 2.24) is 19.8 Å². The summed E-state index contributed by atoms with van der Waals surface area (Å²) in [5.41, 5.74) is 1.17. The van der Waals surface area contributed by atoms with Crippen molar-refractivity contribution in [1.29, 1.82) is 0 Å². The summed E-state index contributed by atoms with van der Waals surface area (Å²) in [5.74, 6) is 1.11. The molecular weight excluding hydrogens is 392 g/mol. The Hall–Kier alpha value is -2.26. The van der Waals surface area contributed by atoms with Crippen LogP contribution in [0, 0.1) is 19.8 Å². The summed E-state index contributed by atoms with van der Waals surface area (Å²) in [7, 11) is -3.31. The van der Waals surface area contributed by atoms with Crippen LogP contribution in [0.1, 0.15) is 47.4 Å². The van der Waals surface area contributed by atoms with Crippen LogP contribution in [0.3, 0.4) is 0 Å². The summed E-state index contributed by atoms with van der Waals surface area (Å²) >= 11 is 0. The third-order valence-corrected chi connectivity index (χ3v) is 7.56. The molecule has 0 bridgehead atoms. The minimum Gasteiger partial charge on any atom is -0.339 e. The zero-order valence-electron chi connectivity index (χ0n) is 16.9. The number of benzene rings is 1. The molecule has 1 aromatic carbocycles. The lowest BCUT2D eigenvalue weighted by Gasteiger charge is -2.25. The Morgan fingerprint density at radius 1 is 1.38 bits per heavy atom. The first-order chi connectivity index (χ1) is 13.7. The maximum absolute atomic E-state index is 13.1.